The van der Waals surface area contributed by atoms with Crippen LogP contribution in [0.4, 0.5) is 4.79 Å². The Morgan fingerprint density at radius 1 is 0.973 bits per heavy atom. The highest BCUT2D eigenvalue weighted by Crippen LogP contribution is 2.42. The van der Waals surface area contributed by atoms with Crippen molar-refractivity contribution in [1.29, 1.82) is 0 Å². The third-order valence-electron chi connectivity index (χ3n) is 7.18. The number of alkyl carbamates (subject to hydrolysis) is 1. The number of hydrogen-bond donors (Lipinski definition) is 2. The largest absolute Gasteiger partial charge is 0.457 e. The van der Waals surface area contributed by atoms with Gasteiger partial charge in [0.25, 0.3) is 0 Å². The Balaban J connectivity index is 1.49. The molecule has 0 aromatic heterocycles. The second kappa shape index (κ2) is 11.5. The van der Waals surface area contributed by atoms with Crippen molar-refractivity contribution in [3.63, 3.8) is 0 Å². The molecule has 2 fully saturated rings. The molecule has 7 heteroatoms. The summed E-state index contributed by atoms with van der Waals surface area (Å²) < 4.78 is 11.6. The fourth-order valence-corrected chi connectivity index (χ4v) is 5.38. The zero-order chi connectivity index (χ0) is 26.5. The van der Waals surface area contributed by atoms with Gasteiger partial charge in [-0.25, -0.2) is 4.79 Å². The number of hydrogen-bond acceptors (Lipinski definition) is 5. The Hall–Kier alpha value is -3.06. The Morgan fingerprint density at radius 2 is 1.62 bits per heavy atom. The lowest BCUT2D eigenvalue weighted by Gasteiger charge is -2.42. The van der Waals surface area contributed by atoms with E-state index in [1.54, 1.807) is 0 Å². The van der Waals surface area contributed by atoms with Crippen LogP contribution in [-0.4, -0.2) is 52.3 Å². The maximum atomic E-state index is 14.0. The molecule has 1 aliphatic carbocycles. The lowest BCUT2D eigenvalue weighted by atomic mass is 9.72. The van der Waals surface area contributed by atoms with Gasteiger partial charge in [-0.15, -0.1) is 0 Å². The zero-order valence-electron chi connectivity index (χ0n) is 22.2. The van der Waals surface area contributed by atoms with Crippen molar-refractivity contribution in [3.8, 4) is 11.5 Å². The molecule has 1 heterocycles. The number of carbonyl (C=O) groups is 2. The van der Waals surface area contributed by atoms with E-state index in [2.05, 4.69) is 5.32 Å². The lowest BCUT2D eigenvalue weighted by molar-refractivity contribution is -0.143. The molecule has 0 bridgehead atoms. The first-order valence-corrected chi connectivity index (χ1v) is 13.5. The molecule has 0 spiro atoms. The monoisotopic (exact) mass is 508 g/mol. The van der Waals surface area contributed by atoms with E-state index in [9.17, 15) is 14.7 Å². The highest BCUT2D eigenvalue weighted by atomic mass is 16.6. The van der Waals surface area contributed by atoms with Crippen LogP contribution in [0.3, 0.4) is 0 Å². The van der Waals surface area contributed by atoms with Crippen molar-refractivity contribution in [3.05, 3.63) is 60.2 Å². The molecule has 37 heavy (non-hydrogen) atoms. The predicted molar refractivity (Wildman–Crippen MR) is 143 cm³/mol. The van der Waals surface area contributed by atoms with Crippen LogP contribution in [0.5, 0.6) is 11.5 Å². The first kappa shape index (κ1) is 27.0. The van der Waals surface area contributed by atoms with Gasteiger partial charge in [0, 0.05) is 31.5 Å². The minimum absolute atomic E-state index is 0.0705. The van der Waals surface area contributed by atoms with E-state index in [1.807, 2.05) is 80.3 Å². The normalized spacial score (nSPS) is 19.1. The number of para-hydroxylation sites is 1. The van der Waals surface area contributed by atoms with Crippen LogP contribution in [-0.2, 0) is 9.53 Å². The Morgan fingerprint density at radius 3 is 2.27 bits per heavy atom. The lowest BCUT2D eigenvalue weighted by Crippen LogP contribution is -2.51. The van der Waals surface area contributed by atoms with Crippen LogP contribution in [0.1, 0.15) is 77.2 Å². The summed E-state index contributed by atoms with van der Waals surface area (Å²) >= 11 is 0. The number of likely N-dealkylation sites (tertiary alicyclic amines) is 1. The van der Waals surface area contributed by atoms with E-state index in [0.717, 1.165) is 30.6 Å². The van der Waals surface area contributed by atoms with Crippen LogP contribution >= 0.6 is 0 Å². The molecule has 2 aromatic rings. The van der Waals surface area contributed by atoms with Gasteiger partial charge < -0.3 is 24.8 Å². The summed E-state index contributed by atoms with van der Waals surface area (Å²) in [6.07, 6.45) is 4.56. The summed E-state index contributed by atoms with van der Waals surface area (Å²) in [5, 5.41) is 14.6. The Kier molecular flexibility index (Phi) is 8.42. The second-order valence-corrected chi connectivity index (χ2v) is 11.4. The Bertz CT molecular complexity index is 1050. The van der Waals surface area contributed by atoms with Gasteiger partial charge in [0.2, 0.25) is 5.91 Å². The van der Waals surface area contributed by atoms with E-state index in [-0.39, 0.29) is 17.6 Å². The number of rotatable bonds is 6. The number of carbonyl (C=O) groups excluding carboxylic acids is 2. The minimum atomic E-state index is -1.10. The summed E-state index contributed by atoms with van der Waals surface area (Å²) in [6.45, 7) is 6.70. The minimum Gasteiger partial charge on any atom is -0.457 e. The van der Waals surface area contributed by atoms with Gasteiger partial charge >= 0.3 is 6.09 Å². The summed E-state index contributed by atoms with van der Waals surface area (Å²) in [5.74, 6) is 0.613. The maximum Gasteiger partial charge on any atom is 0.407 e. The first-order valence-electron chi connectivity index (χ1n) is 13.5. The number of piperidine rings is 1. The highest BCUT2D eigenvalue weighted by Gasteiger charge is 2.45. The molecule has 2 amide bonds. The molecule has 1 saturated carbocycles. The molecule has 4 rings (SSSR count). The molecule has 200 valence electrons. The van der Waals surface area contributed by atoms with Crippen LogP contribution in [0, 0.1) is 0 Å². The topological polar surface area (TPSA) is 88.1 Å². The van der Waals surface area contributed by atoms with Crippen molar-refractivity contribution in [2.45, 2.75) is 88.9 Å². The second-order valence-electron chi connectivity index (χ2n) is 11.4. The average Bonchev–Trinajstić information content (AvgIpc) is 2.84. The molecule has 1 atom stereocenters. The maximum absolute atomic E-state index is 14.0. The Labute approximate surface area is 220 Å². The smallest absolute Gasteiger partial charge is 0.407 e. The summed E-state index contributed by atoms with van der Waals surface area (Å²) in [5.41, 5.74) is -0.693. The molecule has 1 saturated heterocycles. The number of benzene rings is 2. The van der Waals surface area contributed by atoms with Gasteiger partial charge in [-0.05, 0) is 63.4 Å². The third-order valence-corrected chi connectivity index (χ3v) is 7.18. The van der Waals surface area contributed by atoms with Crippen LogP contribution in [0.2, 0.25) is 0 Å². The summed E-state index contributed by atoms with van der Waals surface area (Å²) in [6, 6.07) is 17.1. The van der Waals surface area contributed by atoms with E-state index < -0.39 is 17.6 Å². The first-order chi connectivity index (χ1) is 17.6. The van der Waals surface area contributed by atoms with Gasteiger partial charge in [0.15, 0.2) is 0 Å². The standard InChI is InChI=1S/C30H40N2O5/c1-29(2,3)31-28(34)37-24-15-19-32(20-16-24)27(33)26(30(35)17-8-5-9-18-30)22-11-10-14-25(21-22)36-23-12-6-4-7-13-23/h4,6-7,10-14,21,24,26,35H,5,8-9,15-20H2,1-3H3,(H,31,34). The molecule has 7 nitrogen and oxygen atoms in total. The molecular formula is C30H40N2O5. The quantitative estimate of drug-likeness (QED) is 0.517. The van der Waals surface area contributed by atoms with E-state index in [0.29, 0.717) is 44.5 Å². The van der Waals surface area contributed by atoms with Crippen molar-refractivity contribution in [2.24, 2.45) is 0 Å². The number of amides is 2. The van der Waals surface area contributed by atoms with Gasteiger partial charge in [-0.2, -0.15) is 0 Å². The van der Waals surface area contributed by atoms with Gasteiger partial charge in [-0.1, -0.05) is 49.6 Å². The third kappa shape index (κ3) is 7.25. The van der Waals surface area contributed by atoms with Crippen molar-refractivity contribution < 1.29 is 24.2 Å². The number of ether oxygens (including phenoxy) is 2. The fraction of sp³-hybridized carbons (Fsp3) is 0.533. The molecule has 2 N–H and O–H groups in total. The van der Waals surface area contributed by atoms with E-state index in [1.165, 1.54) is 0 Å². The van der Waals surface area contributed by atoms with Crippen molar-refractivity contribution >= 4 is 12.0 Å². The average molecular weight is 509 g/mol. The van der Waals surface area contributed by atoms with Gasteiger partial charge in [-0.3, -0.25) is 4.79 Å². The van der Waals surface area contributed by atoms with Crippen LogP contribution < -0.4 is 10.1 Å². The van der Waals surface area contributed by atoms with Crippen LogP contribution in [0.15, 0.2) is 54.6 Å². The van der Waals surface area contributed by atoms with E-state index >= 15 is 0 Å². The highest BCUT2D eigenvalue weighted by molar-refractivity contribution is 5.85. The summed E-state index contributed by atoms with van der Waals surface area (Å²) in [7, 11) is 0. The number of aliphatic hydroxyl groups is 1. The van der Waals surface area contributed by atoms with Crippen LogP contribution in [0.25, 0.3) is 0 Å². The SMILES string of the molecule is CC(C)(C)NC(=O)OC1CCN(C(=O)C(c2cccc(Oc3ccccc3)c2)C2(O)CCCCC2)CC1. The van der Waals surface area contributed by atoms with Crippen molar-refractivity contribution in [2.75, 3.05) is 13.1 Å². The molecular weight excluding hydrogens is 468 g/mol. The van der Waals surface area contributed by atoms with Gasteiger partial charge in [0.1, 0.15) is 17.6 Å². The van der Waals surface area contributed by atoms with Crippen molar-refractivity contribution in [1.82, 2.24) is 10.2 Å². The number of nitrogens with zero attached hydrogens (tertiary/aromatic N) is 1. The fourth-order valence-electron chi connectivity index (χ4n) is 5.38. The molecule has 1 unspecified atom stereocenters. The zero-order valence-corrected chi connectivity index (χ0v) is 22.2. The predicted octanol–water partition coefficient (Wildman–Crippen LogP) is 5.77. The molecule has 2 aliphatic rings. The number of nitrogens with one attached hydrogen (secondary N) is 1. The summed E-state index contributed by atoms with van der Waals surface area (Å²) in [4.78, 5) is 28.0. The molecule has 2 aromatic carbocycles. The van der Waals surface area contributed by atoms with E-state index in [4.69, 9.17) is 9.47 Å². The van der Waals surface area contributed by atoms with Gasteiger partial charge in [0.05, 0.1) is 11.5 Å². The molecule has 1 aliphatic heterocycles. The molecule has 0 radical (unpaired) electrons.